The molecule has 2 aromatic heterocycles. The van der Waals surface area contributed by atoms with E-state index in [-0.39, 0.29) is 0 Å². The molecule has 7 heteroatoms. The standard InChI is InChI=1S/C16H23N7/c1-11-9-14(18-15-10-13(20-21-15)12-3-4-12)19-16(17-11)23-7-5-22(2)6-8-23/h9-10,12H,3-8H2,1-2H3,(H2,17,18,19,20,21). The molecule has 3 heterocycles. The van der Waals surface area contributed by atoms with E-state index in [2.05, 4.69) is 48.4 Å². The van der Waals surface area contributed by atoms with Crippen LogP contribution in [0.2, 0.25) is 0 Å². The molecule has 0 radical (unpaired) electrons. The van der Waals surface area contributed by atoms with Crippen LogP contribution in [0, 0.1) is 6.92 Å². The van der Waals surface area contributed by atoms with Crippen LogP contribution in [0.3, 0.4) is 0 Å². The number of nitrogens with one attached hydrogen (secondary N) is 2. The molecule has 2 fully saturated rings. The summed E-state index contributed by atoms with van der Waals surface area (Å²) < 4.78 is 0. The van der Waals surface area contributed by atoms with E-state index in [0.717, 1.165) is 49.5 Å². The van der Waals surface area contributed by atoms with E-state index in [1.165, 1.54) is 18.5 Å². The van der Waals surface area contributed by atoms with Gasteiger partial charge in [-0.2, -0.15) is 10.1 Å². The van der Waals surface area contributed by atoms with Crippen LogP contribution in [0.15, 0.2) is 12.1 Å². The molecule has 2 N–H and O–H groups in total. The van der Waals surface area contributed by atoms with Gasteiger partial charge in [-0.1, -0.05) is 0 Å². The molecule has 0 unspecified atom stereocenters. The number of aryl methyl sites for hydroxylation is 1. The minimum atomic E-state index is 0.672. The number of aromatic nitrogens is 4. The summed E-state index contributed by atoms with van der Waals surface area (Å²) in [6, 6.07) is 4.05. The van der Waals surface area contributed by atoms with Gasteiger partial charge in [0.1, 0.15) is 5.82 Å². The summed E-state index contributed by atoms with van der Waals surface area (Å²) in [5, 5.41) is 10.8. The summed E-state index contributed by atoms with van der Waals surface area (Å²) in [4.78, 5) is 13.9. The monoisotopic (exact) mass is 313 g/mol. The van der Waals surface area contributed by atoms with Crippen molar-refractivity contribution in [2.24, 2.45) is 0 Å². The Labute approximate surface area is 136 Å². The molecule has 1 saturated heterocycles. The molecule has 0 bridgehead atoms. The molecule has 0 atom stereocenters. The Morgan fingerprint density at radius 3 is 2.61 bits per heavy atom. The Bertz CT molecular complexity index is 683. The van der Waals surface area contributed by atoms with Gasteiger partial charge >= 0.3 is 0 Å². The molecule has 1 saturated carbocycles. The molecule has 23 heavy (non-hydrogen) atoms. The highest BCUT2D eigenvalue weighted by Gasteiger charge is 2.25. The SMILES string of the molecule is Cc1cc(Nc2cc(C3CC3)[nH]n2)nc(N2CCN(C)CC2)n1. The zero-order chi connectivity index (χ0) is 15.8. The Morgan fingerprint density at radius 1 is 1.09 bits per heavy atom. The maximum atomic E-state index is 4.68. The minimum Gasteiger partial charge on any atom is -0.338 e. The Kier molecular flexibility index (Phi) is 3.65. The fraction of sp³-hybridized carbons (Fsp3) is 0.562. The third kappa shape index (κ3) is 3.29. The van der Waals surface area contributed by atoms with Crippen molar-refractivity contribution in [1.82, 2.24) is 25.1 Å². The van der Waals surface area contributed by atoms with E-state index in [1.807, 2.05) is 13.0 Å². The fourth-order valence-corrected chi connectivity index (χ4v) is 2.90. The van der Waals surface area contributed by atoms with E-state index in [1.54, 1.807) is 0 Å². The number of nitrogens with zero attached hydrogens (tertiary/aromatic N) is 5. The van der Waals surface area contributed by atoms with Crippen LogP contribution in [-0.2, 0) is 0 Å². The molecule has 1 aliphatic heterocycles. The average Bonchev–Trinajstić information content (AvgIpc) is 3.28. The van der Waals surface area contributed by atoms with Crippen molar-refractivity contribution in [3.8, 4) is 0 Å². The van der Waals surface area contributed by atoms with Crippen LogP contribution in [0.5, 0.6) is 0 Å². The highest BCUT2D eigenvalue weighted by atomic mass is 15.3. The molecular formula is C16H23N7. The van der Waals surface area contributed by atoms with Crippen LogP contribution in [0.25, 0.3) is 0 Å². The first kappa shape index (κ1) is 14.4. The third-order valence-corrected chi connectivity index (χ3v) is 4.50. The minimum absolute atomic E-state index is 0.672. The van der Waals surface area contributed by atoms with Gasteiger partial charge in [-0.05, 0) is 26.8 Å². The van der Waals surface area contributed by atoms with E-state index in [9.17, 15) is 0 Å². The van der Waals surface area contributed by atoms with E-state index in [4.69, 9.17) is 0 Å². The quantitative estimate of drug-likeness (QED) is 0.898. The first-order valence-electron chi connectivity index (χ1n) is 8.29. The Hall–Kier alpha value is -2.15. The smallest absolute Gasteiger partial charge is 0.227 e. The van der Waals surface area contributed by atoms with Crippen molar-refractivity contribution in [2.75, 3.05) is 43.4 Å². The van der Waals surface area contributed by atoms with E-state index < -0.39 is 0 Å². The molecule has 0 spiro atoms. The lowest BCUT2D eigenvalue weighted by atomic mass is 10.3. The molecule has 2 aliphatic rings. The Morgan fingerprint density at radius 2 is 1.87 bits per heavy atom. The number of hydrogen-bond acceptors (Lipinski definition) is 6. The molecule has 122 valence electrons. The molecule has 7 nitrogen and oxygen atoms in total. The largest absolute Gasteiger partial charge is 0.338 e. The topological polar surface area (TPSA) is 73.0 Å². The van der Waals surface area contributed by atoms with Crippen LogP contribution in [0.1, 0.15) is 30.1 Å². The van der Waals surface area contributed by atoms with Crippen LogP contribution in [-0.4, -0.2) is 58.3 Å². The van der Waals surface area contributed by atoms with Gasteiger partial charge in [-0.15, -0.1) is 0 Å². The normalized spacial score (nSPS) is 19.1. The lowest BCUT2D eigenvalue weighted by Gasteiger charge is -2.32. The number of likely N-dealkylation sites (N-methyl/N-ethyl adjacent to an activating group) is 1. The van der Waals surface area contributed by atoms with Crippen molar-refractivity contribution >= 4 is 17.6 Å². The molecule has 0 aromatic carbocycles. The number of piperazine rings is 1. The van der Waals surface area contributed by atoms with Gasteiger partial charge in [0.2, 0.25) is 5.95 Å². The predicted octanol–water partition coefficient (Wildman–Crippen LogP) is 1.88. The van der Waals surface area contributed by atoms with Gasteiger partial charge in [-0.3, -0.25) is 5.10 Å². The first-order chi connectivity index (χ1) is 11.2. The number of rotatable bonds is 4. The molecule has 0 amide bonds. The van der Waals surface area contributed by atoms with Crippen LogP contribution >= 0.6 is 0 Å². The lowest BCUT2D eigenvalue weighted by molar-refractivity contribution is 0.311. The van der Waals surface area contributed by atoms with Gasteiger partial charge in [0.15, 0.2) is 5.82 Å². The average molecular weight is 313 g/mol. The van der Waals surface area contributed by atoms with Gasteiger partial charge in [-0.25, -0.2) is 4.98 Å². The van der Waals surface area contributed by atoms with Crippen molar-refractivity contribution in [1.29, 1.82) is 0 Å². The van der Waals surface area contributed by atoms with Crippen molar-refractivity contribution in [3.63, 3.8) is 0 Å². The van der Waals surface area contributed by atoms with Gasteiger partial charge < -0.3 is 15.1 Å². The number of aromatic amines is 1. The third-order valence-electron chi connectivity index (χ3n) is 4.50. The second-order valence-electron chi connectivity index (χ2n) is 6.59. The summed E-state index contributed by atoms with van der Waals surface area (Å²) in [6.45, 7) is 6.03. The molecule has 4 rings (SSSR count). The van der Waals surface area contributed by atoms with E-state index >= 15 is 0 Å². The van der Waals surface area contributed by atoms with Gasteiger partial charge in [0.05, 0.1) is 0 Å². The maximum absolute atomic E-state index is 4.68. The summed E-state index contributed by atoms with van der Waals surface area (Å²) in [5.74, 6) is 3.11. The molecule has 2 aromatic rings. The summed E-state index contributed by atoms with van der Waals surface area (Å²) >= 11 is 0. The lowest BCUT2D eigenvalue weighted by Crippen LogP contribution is -2.45. The van der Waals surface area contributed by atoms with Crippen LogP contribution in [0.4, 0.5) is 17.6 Å². The van der Waals surface area contributed by atoms with E-state index in [0.29, 0.717) is 5.92 Å². The second kappa shape index (κ2) is 5.81. The summed E-state index contributed by atoms with van der Waals surface area (Å²) in [5.41, 5.74) is 2.19. The first-order valence-corrected chi connectivity index (χ1v) is 8.29. The summed E-state index contributed by atoms with van der Waals surface area (Å²) in [7, 11) is 2.15. The fourth-order valence-electron chi connectivity index (χ4n) is 2.90. The van der Waals surface area contributed by atoms with Gasteiger partial charge in [0, 0.05) is 55.6 Å². The van der Waals surface area contributed by atoms with Crippen molar-refractivity contribution in [2.45, 2.75) is 25.7 Å². The highest BCUT2D eigenvalue weighted by molar-refractivity contribution is 5.54. The van der Waals surface area contributed by atoms with Crippen molar-refractivity contribution in [3.05, 3.63) is 23.5 Å². The van der Waals surface area contributed by atoms with Gasteiger partial charge in [0.25, 0.3) is 0 Å². The van der Waals surface area contributed by atoms with Crippen molar-refractivity contribution < 1.29 is 0 Å². The zero-order valence-corrected chi connectivity index (χ0v) is 13.7. The second-order valence-corrected chi connectivity index (χ2v) is 6.59. The molecular weight excluding hydrogens is 290 g/mol. The zero-order valence-electron chi connectivity index (χ0n) is 13.7. The molecule has 1 aliphatic carbocycles. The number of H-pyrrole nitrogens is 1. The number of hydrogen-bond donors (Lipinski definition) is 2. The predicted molar refractivity (Wildman–Crippen MR) is 90.3 cm³/mol. The summed E-state index contributed by atoms with van der Waals surface area (Å²) in [6.07, 6.45) is 2.53. The Balaban J connectivity index is 1.51. The number of anilines is 3. The highest BCUT2D eigenvalue weighted by Crippen LogP contribution is 2.39. The van der Waals surface area contributed by atoms with Crippen LogP contribution < -0.4 is 10.2 Å². The maximum Gasteiger partial charge on any atom is 0.227 e.